The van der Waals surface area contributed by atoms with Crippen molar-refractivity contribution in [3.63, 3.8) is 0 Å². The van der Waals surface area contributed by atoms with Crippen LogP contribution in [-0.2, 0) is 37.1 Å². The summed E-state index contributed by atoms with van der Waals surface area (Å²) in [6, 6.07) is 0. The number of carbonyl (C=O) groups is 2. The van der Waals surface area contributed by atoms with E-state index >= 15 is 0 Å². The van der Waals surface area contributed by atoms with Gasteiger partial charge in [0.1, 0.15) is 13.1 Å². The van der Waals surface area contributed by atoms with Crippen LogP contribution in [0, 0.1) is 0 Å². The molecule has 0 N–H and O–H groups in total. The van der Waals surface area contributed by atoms with Crippen molar-refractivity contribution in [3.05, 3.63) is 25.3 Å². The first kappa shape index (κ1) is 33.0. The van der Waals surface area contributed by atoms with E-state index in [1.54, 1.807) is 14.1 Å². The standard InChI is InChI=1S/C16H31N2O6P.C2H7O4P/c1-9-14(19)11-12-18(6,7)24-25(21,22-8)16(13-17(3,4)5)23-15(20)10-2;1-2-6-7(3,4)5/h9-10,16H,1-2,11-13H2,3-8H3;2H2,1H3,(H2,3,4,5)/q+2;/p-2. The van der Waals surface area contributed by atoms with E-state index in [1.165, 1.54) is 20.1 Å². The van der Waals surface area contributed by atoms with Crippen molar-refractivity contribution < 1.29 is 56.0 Å². The fraction of sp³-hybridized carbons (Fsp3) is 0.667. The highest BCUT2D eigenvalue weighted by Crippen LogP contribution is 2.55. The fourth-order valence-electron chi connectivity index (χ4n) is 2.04. The Balaban J connectivity index is 0. The summed E-state index contributed by atoms with van der Waals surface area (Å²) in [5.41, 5.74) is 0. The molecular formula is C18H36N2O10P2. The molecule has 188 valence electrons. The molecule has 0 bridgehead atoms. The molecule has 0 fully saturated rings. The molecule has 0 radical (unpaired) electrons. The highest BCUT2D eigenvalue weighted by molar-refractivity contribution is 7.54. The molecule has 0 saturated heterocycles. The Kier molecular flexibility index (Phi) is 14.6. The number of carbonyl (C=O) groups excluding carboxylic acids is 2. The molecule has 0 aromatic rings. The lowest BCUT2D eigenvalue weighted by atomic mass is 10.3. The van der Waals surface area contributed by atoms with Gasteiger partial charge in [0.2, 0.25) is 0 Å². The number of ether oxygens (including phenoxy) is 1. The predicted molar refractivity (Wildman–Crippen MR) is 115 cm³/mol. The predicted octanol–water partition coefficient (Wildman–Crippen LogP) is 0.592. The van der Waals surface area contributed by atoms with Gasteiger partial charge in [0.25, 0.3) is 5.85 Å². The molecule has 14 heteroatoms. The van der Waals surface area contributed by atoms with Crippen LogP contribution in [0.4, 0.5) is 0 Å². The highest BCUT2D eigenvalue weighted by Gasteiger charge is 2.47. The summed E-state index contributed by atoms with van der Waals surface area (Å²) in [6.07, 6.45) is 2.39. The third kappa shape index (κ3) is 16.4. The number of nitrogens with zero attached hydrogens (tertiary/aromatic N) is 2. The van der Waals surface area contributed by atoms with Crippen molar-refractivity contribution in [2.24, 2.45) is 0 Å². The fourth-order valence-corrected chi connectivity index (χ4v) is 4.39. The Labute approximate surface area is 190 Å². The Hall–Kier alpha value is -1.20. The molecule has 0 aromatic carbocycles. The number of allylic oxidation sites excluding steroid dienone is 1. The first-order valence-corrected chi connectivity index (χ1v) is 12.6. The minimum absolute atomic E-state index is 0.0791. The second-order valence-electron chi connectivity index (χ2n) is 7.96. The first-order valence-electron chi connectivity index (χ1n) is 9.50. The molecule has 0 aromatic heterocycles. The van der Waals surface area contributed by atoms with Crippen LogP contribution in [-0.4, -0.2) is 88.8 Å². The smallest absolute Gasteiger partial charge is 0.426 e. The Morgan fingerprint density at radius 3 is 1.91 bits per heavy atom. The minimum atomic E-state index is -4.67. The van der Waals surface area contributed by atoms with E-state index in [0.29, 0.717) is 4.48 Å². The third-order valence-electron chi connectivity index (χ3n) is 3.48. The summed E-state index contributed by atoms with van der Waals surface area (Å²) < 4.78 is 42.7. The normalized spacial score (nSPS) is 14.9. The number of hydrogen-bond acceptors (Lipinski definition) is 10. The molecule has 12 nitrogen and oxygen atoms in total. The lowest BCUT2D eigenvalue weighted by Crippen LogP contribution is -2.46. The SMILES string of the molecule is C=CC(=O)CC[N+](C)(C)OP(=O)(OC)C(C[N+](C)(C)C)OC(=O)C=C.CCOP(=O)([O-])[O-]. The van der Waals surface area contributed by atoms with Crippen LogP contribution >= 0.6 is 15.4 Å². The molecule has 0 aliphatic carbocycles. The lowest BCUT2D eigenvalue weighted by Gasteiger charge is -2.35. The van der Waals surface area contributed by atoms with Crippen molar-refractivity contribution in [2.45, 2.75) is 19.2 Å². The topological polar surface area (TPSA) is 151 Å². The monoisotopic (exact) mass is 502 g/mol. The average molecular weight is 502 g/mol. The van der Waals surface area contributed by atoms with Gasteiger partial charge in [0.05, 0.1) is 49.5 Å². The molecule has 0 heterocycles. The summed E-state index contributed by atoms with van der Waals surface area (Å²) in [7, 11) is 1.59. The van der Waals surface area contributed by atoms with E-state index < -0.39 is 27.2 Å². The van der Waals surface area contributed by atoms with Gasteiger partial charge >= 0.3 is 13.6 Å². The van der Waals surface area contributed by atoms with Gasteiger partial charge in [0.15, 0.2) is 5.78 Å². The molecule has 0 amide bonds. The van der Waals surface area contributed by atoms with E-state index in [4.69, 9.17) is 13.9 Å². The first-order chi connectivity index (χ1) is 14.3. The van der Waals surface area contributed by atoms with E-state index in [0.717, 1.165) is 6.08 Å². The second-order valence-corrected chi connectivity index (χ2v) is 11.3. The van der Waals surface area contributed by atoms with Gasteiger partial charge in [-0.15, -0.1) is 4.62 Å². The lowest BCUT2D eigenvalue weighted by molar-refractivity contribution is -1.05. The molecular weight excluding hydrogens is 466 g/mol. The van der Waals surface area contributed by atoms with Gasteiger partial charge in [-0.25, -0.2) is 4.79 Å². The van der Waals surface area contributed by atoms with Crippen molar-refractivity contribution >= 4 is 27.2 Å². The van der Waals surface area contributed by atoms with E-state index in [9.17, 15) is 28.5 Å². The van der Waals surface area contributed by atoms with E-state index in [-0.39, 0.29) is 36.5 Å². The van der Waals surface area contributed by atoms with Crippen LogP contribution in [0.15, 0.2) is 25.3 Å². The number of likely N-dealkylation sites (N-methyl/N-ethyl adjacent to an activating group) is 1. The average Bonchev–Trinajstić information content (AvgIpc) is 2.63. The number of esters is 1. The van der Waals surface area contributed by atoms with Gasteiger partial charge in [-0.1, -0.05) is 13.2 Å². The molecule has 0 rings (SSSR count). The van der Waals surface area contributed by atoms with E-state index in [1.807, 2.05) is 21.1 Å². The highest BCUT2D eigenvalue weighted by atomic mass is 31.2. The summed E-state index contributed by atoms with van der Waals surface area (Å²) in [5, 5.41) is 0. The molecule has 32 heavy (non-hydrogen) atoms. The second kappa shape index (κ2) is 14.1. The van der Waals surface area contributed by atoms with Crippen molar-refractivity contribution in [3.8, 4) is 0 Å². The number of hydroxylamine groups is 3. The molecule has 2 atom stereocenters. The molecule has 0 saturated carbocycles. The van der Waals surface area contributed by atoms with Gasteiger partial charge in [0, 0.05) is 19.8 Å². The van der Waals surface area contributed by atoms with Crippen molar-refractivity contribution in [1.29, 1.82) is 0 Å². The van der Waals surface area contributed by atoms with E-state index in [2.05, 4.69) is 17.7 Å². The number of phosphoric ester groups is 1. The van der Waals surface area contributed by atoms with Crippen LogP contribution in [0.3, 0.4) is 0 Å². The molecule has 0 aliphatic heterocycles. The molecule has 2 unspecified atom stereocenters. The summed E-state index contributed by atoms with van der Waals surface area (Å²) in [5.74, 6) is -1.98. The maximum Gasteiger partial charge on any atom is 0.426 e. The number of rotatable bonds is 14. The third-order valence-corrected chi connectivity index (χ3v) is 6.20. The van der Waals surface area contributed by atoms with Gasteiger partial charge in [-0.05, 0) is 13.0 Å². The quantitative estimate of drug-likeness (QED) is 0.108. The zero-order valence-corrected chi connectivity index (χ0v) is 21.6. The van der Waals surface area contributed by atoms with Gasteiger partial charge in [-0.3, -0.25) is 9.36 Å². The number of phosphoric acid groups is 1. The van der Waals surface area contributed by atoms with Crippen molar-refractivity contribution in [2.75, 3.05) is 62.0 Å². The maximum atomic E-state index is 13.3. The summed E-state index contributed by atoms with van der Waals surface area (Å²) in [6.45, 7) is 8.58. The number of hydrogen-bond donors (Lipinski definition) is 0. The number of quaternary nitrogens is 2. The Morgan fingerprint density at radius 2 is 1.59 bits per heavy atom. The van der Waals surface area contributed by atoms with Crippen LogP contribution in [0.5, 0.6) is 0 Å². The van der Waals surface area contributed by atoms with Crippen LogP contribution in [0.1, 0.15) is 13.3 Å². The number of ketones is 1. The largest absolute Gasteiger partial charge is 0.790 e. The zero-order chi connectivity index (χ0) is 25.8. The van der Waals surface area contributed by atoms with Crippen molar-refractivity contribution in [1.82, 2.24) is 0 Å². The van der Waals surface area contributed by atoms with Crippen LogP contribution < -0.4 is 9.79 Å². The zero-order valence-electron chi connectivity index (χ0n) is 19.8. The van der Waals surface area contributed by atoms with Gasteiger partial charge in [-0.2, -0.15) is 4.65 Å². The van der Waals surface area contributed by atoms with Gasteiger partial charge < -0.3 is 32.6 Å². The van der Waals surface area contributed by atoms with Crippen LogP contribution in [0.2, 0.25) is 0 Å². The summed E-state index contributed by atoms with van der Waals surface area (Å²) >= 11 is 0. The minimum Gasteiger partial charge on any atom is -0.790 e. The summed E-state index contributed by atoms with van der Waals surface area (Å²) in [4.78, 5) is 42.0. The van der Waals surface area contributed by atoms with Crippen LogP contribution in [0.25, 0.3) is 0 Å². The molecule has 0 spiro atoms. The Bertz CT molecular complexity index is 728. The molecule has 0 aliphatic rings. The maximum absolute atomic E-state index is 13.3. The Morgan fingerprint density at radius 1 is 1.06 bits per heavy atom.